The normalized spacial score (nSPS) is 51.9. The van der Waals surface area contributed by atoms with Crippen LogP contribution in [0.5, 0.6) is 0 Å². The van der Waals surface area contributed by atoms with Gasteiger partial charge >= 0.3 is 0 Å². The molecule has 19 N–H and O–H groups in total. The Balaban J connectivity index is 0.854. The minimum Gasteiger partial charge on any atom is -0.394 e. The van der Waals surface area contributed by atoms with Crippen LogP contribution in [0.25, 0.3) is 0 Å². The first-order valence-corrected chi connectivity index (χ1v) is 34.2. The summed E-state index contributed by atoms with van der Waals surface area (Å²) in [5, 5.41) is 238. The van der Waals surface area contributed by atoms with Crippen LogP contribution in [0.4, 0.5) is 0 Å². The molecule has 0 aromatic carbocycles. The van der Waals surface area contributed by atoms with Gasteiger partial charge in [0.2, 0.25) is 0 Å². The molecule has 7 saturated heterocycles. The molecule has 0 radical (unpaired) electrons. The molecule has 4 aliphatic carbocycles. The number of hydrogen-bond acceptors (Lipinski definition) is 38. The smallest absolute Gasteiger partial charge is 0.187 e. The van der Waals surface area contributed by atoms with Crippen molar-refractivity contribution in [3.63, 3.8) is 0 Å². The molecule has 100 heavy (non-hydrogen) atoms. The fourth-order valence-electron chi connectivity index (χ4n) is 17.4. The lowest BCUT2D eigenvalue weighted by Crippen LogP contribution is -2.68. The molecule has 40 nitrogen and oxygen atoms in total. The van der Waals surface area contributed by atoms with E-state index in [1.54, 1.807) is 12.4 Å². The van der Waals surface area contributed by atoms with Gasteiger partial charge in [0.05, 0.1) is 57.5 Å². The quantitative estimate of drug-likeness (QED) is 0.117. The highest BCUT2D eigenvalue weighted by molar-refractivity contribution is 5.06. The van der Waals surface area contributed by atoms with Crippen LogP contribution in [0.1, 0.15) is 56.3 Å². The van der Waals surface area contributed by atoms with Crippen molar-refractivity contribution >= 4 is 0 Å². The predicted octanol–water partition coefficient (Wildman–Crippen LogP) is -11.7. The summed E-state index contributed by atoms with van der Waals surface area (Å²) in [6, 6.07) is 0. The summed E-state index contributed by atoms with van der Waals surface area (Å²) in [5.41, 5.74) is 0.869. The maximum absolute atomic E-state index is 12.2. The monoisotopic (exact) mass is 1440 g/mol. The van der Waals surface area contributed by atoms with Crippen LogP contribution in [-0.2, 0) is 92.5 Å². The highest BCUT2D eigenvalue weighted by Crippen LogP contribution is 2.61. The summed E-state index contributed by atoms with van der Waals surface area (Å²) in [4.78, 5) is 2.10. The summed E-state index contributed by atoms with van der Waals surface area (Å²) in [7, 11) is 0. The van der Waals surface area contributed by atoms with Crippen molar-refractivity contribution in [3.05, 3.63) is 23.8 Å². The summed E-state index contributed by atoms with van der Waals surface area (Å²) in [6.07, 6.45) is -58.9. The highest BCUT2D eigenvalue weighted by Gasteiger charge is 2.60. The van der Waals surface area contributed by atoms with Crippen LogP contribution in [0, 0.1) is 23.2 Å². The zero-order valence-electron chi connectivity index (χ0n) is 54.0. The Morgan fingerprint density at radius 3 is 0.850 bits per heavy atom. The molecule has 14 unspecified atom stereocenters. The number of aliphatic hydroxyl groups is 19. The average molecular weight is 1440 g/mol. The van der Waals surface area contributed by atoms with Crippen LogP contribution in [-0.4, -0.2) is 386 Å². The maximum Gasteiger partial charge on any atom is 0.187 e. The van der Waals surface area contributed by atoms with Gasteiger partial charge in [-0.1, -0.05) is 10.4 Å². The Kier molecular flexibility index (Phi) is 22.4. The molecule has 2 aromatic rings. The van der Waals surface area contributed by atoms with Gasteiger partial charge in [-0.05, 0) is 74.7 Å². The Bertz CT molecular complexity index is 2960. The van der Waals surface area contributed by atoms with Gasteiger partial charge in [0.15, 0.2) is 44.0 Å². The van der Waals surface area contributed by atoms with Crippen molar-refractivity contribution in [3.8, 4) is 0 Å². The number of rotatable bonds is 8. The first-order chi connectivity index (χ1) is 48.0. The molecular weight excluding hydrogens is 1350 g/mol. The minimum absolute atomic E-state index is 0.0852. The summed E-state index contributed by atoms with van der Waals surface area (Å²) in [6.45, 7) is -5.23. The van der Waals surface area contributed by atoms with Gasteiger partial charge in [-0.2, -0.15) is 0 Å². The Morgan fingerprint density at radius 2 is 0.580 bits per heavy atom. The van der Waals surface area contributed by atoms with Crippen LogP contribution in [0.15, 0.2) is 12.4 Å². The van der Waals surface area contributed by atoms with E-state index in [-0.39, 0.29) is 18.5 Å². The largest absolute Gasteiger partial charge is 0.394 e. The molecule has 2 aromatic heterocycles. The second-order valence-electron chi connectivity index (χ2n) is 29.0. The third kappa shape index (κ3) is 14.3. The Labute approximate surface area is 569 Å². The standard InChI is InChI=1S/C60H93N7O33/c68-15-27-48-36(77)43(84)57(91-27)98-50-29(17-70)89-55(41(82)34(50)75)94-46-25-13-66-11-23(61-63-66)9-65(2-1-60-6-20-3-21(7-60)5-22(4-20)8-60)10-24-12-67(64-62-24)14-26-47(32(73)39(80)53(87-26)96-48)95-56-42(83)35(76)51(30(18-71)90-56)99-59-45(86)38(79)52(31(19-72)93-59)100-58-44(85)37(78)49(28(16-69)92-58)97-54(88-25)40(81)33(46)74/h11-12,20-22,25-59,68-86H,1-10,13-19H2/t20?,21?,22?,25?,26?,27?,28?,29?,30?,31?,32?,33?,34?,35?,36?,37?,38?,39-,40-,41-,42-,43-,44-,45-,46-,47-,48-,49-,50-,51-,52-,53-,54-,55-,56-,57-,58-,59-,60?/m0/s1. The molecule has 15 aliphatic heterocycles. The molecule has 40 heteroatoms. The van der Waals surface area contributed by atoms with E-state index in [2.05, 4.69) is 25.5 Å². The van der Waals surface area contributed by atoms with Gasteiger partial charge in [0.25, 0.3) is 0 Å². The van der Waals surface area contributed by atoms with E-state index < -0.39 is 261 Å². The molecule has 22 bridgehead atoms. The number of aliphatic hydroxyl groups excluding tert-OH is 19. The lowest BCUT2D eigenvalue weighted by molar-refractivity contribution is -0.396. The predicted molar refractivity (Wildman–Crippen MR) is 314 cm³/mol. The SMILES string of the molecule is OCC1O[C@H]2O[C@H]3C(CO)O[C@@H](O[C@H]4C5Cn6cc(nn6)CN(CCC67CC8CC(CC(C8)C6)C7)Cc6cn(nn6)CC6O[C@@H](O[C@H]7C(CO)O[C@@H](O[C@@H]1C(O)[C@@H]2O)[C@@H](O)C7O)[C@@H](O)C(O)[C@H]6O[C@@H]1OC(CO)[C@H](O[C@@H]2OC(CO)[C@H](O[C@H](O5)[C@@H](O)C4O)C(O)[C@@H]2O)C(O)[C@@H]1O)[C@@H](O)C3O. The number of hydrogen-bond donors (Lipinski definition) is 19. The second-order valence-corrected chi connectivity index (χ2v) is 29.0. The van der Waals surface area contributed by atoms with E-state index in [0.29, 0.717) is 35.7 Å². The van der Waals surface area contributed by atoms with Crippen molar-refractivity contribution in [2.45, 2.75) is 286 Å². The third-order valence-electron chi connectivity index (χ3n) is 22.2. The molecule has 566 valence electrons. The first-order valence-electron chi connectivity index (χ1n) is 34.2. The third-order valence-corrected chi connectivity index (χ3v) is 22.2. The molecule has 0 spiro atoms. The van der Waals surface area contributed by atoms with Crippen LogP contribution in [0.2, 0.25) is 0 Å². The van der Waals surface area contributed by atoms with E-state index in [1.165, 1.54) is 28.6 Å². The van der Waals surface area contributed by atoms with Crippen molar-refractivity contribution in [2.75, 3.05) is 39.6 Å². The van der Waals surface area contributed by atoms with Crippen LogP contribution >= 0.6 is 0 Å². The Morgan fingerprint density at radius 1 is 0.330 bits per heavy atom. The van der Waals surface area contributed by atoms with Gasteiger partial charge in [0, 0.05) is 25.5 Å². The molecule has 17 heterocycles. The summed E-state index contributed by atoms with van der Waals surface area (Å²) >= 11 is 0. The molecule has 21 rings (SSSR count). The van der Waals surface area contributed by atoms with E-state index in [0.717, 1.165) is 25.7 Å². The van der Waals surface area contributed by atoms with Crippen molar-refractivity contribution in [1.29, 1.82) is 0 Å². The van der Waals surface area contributed by atoms with Gasteiger partial charge in [-0.25, -0.2) is 9.36 Å². The molecule has 4 saturated carbocycles. The molecule has 11 fully saturated rings. The molecular formula is C60H93N7O33. The van der Waals surface area contributed by atoms with E-state index in [1.807, 2.05) is 0 Å². The summed E-state index contributed by atoms with van der Waals surface area (Å²) < 4.78 is 87.4. The molecule has 0 amide bonds. The van der Waals surface area contributed by atoms with Gasteiger partial charge in [-0.15, -0.1) is 10.2 Å². The highest BCUT2D eigenvalue weighted by atomic mass is 16.8. The number of aromatic nitrogens is 6. The van der Waals surface area contributed by atoms with Crippen LogP contribution in [0.3, 0.4) is 0 Å². The average Bonchev–Trinajstić information content (AvgIpc) is 0.951. The zero-order chi connectivity index (χ0) is 70.5. The van der Waals surface area contributed by atoms with Crippen molar-refractivity contribution in [1.82, 2.24) is 34.9 Å². The lowest BCUT2D eigenvalue weighted by Gasteiger charge is -2.57. The van der Waals surface area contributed by atoms with Crippen molar-refractivity contribution < 1.29 is 163 Å². The van der Waals surface area contributed by atoms with Gasteiger partial charge < -0.3 is 163 Å². The minimum atomic E-state index is -2.21. The number of fused-ring (bicyclic) bond motifs is 3. The number of ether oxygens (including phenoxy) is 14. The lowest BCUT2D eigenvalue weighted by atomic mass is 9.49. The van der Waals surface area contributed by atoms with Crippen LogP contribution < -0.4 is 0 Å². The van der Waals surface area contributed by atoms with E-state index in [4.69, 9.17) is 66.3 Å². The molecule has 35 atom stereocenters. The van der Waals surface area contributed by atoms with Gasteiger partial charge in [-0.3, -0.25) is 4.90 Å². The van der Waals surface area contributed by atoms with E-state index in [9.17, 15) is 97.0 Å². The second kappa shape index (κ2) is 30.3. The van der Waals surface area contributed by atoms with Gasteiger partial charge in [0.1, 0.15) is 171 Å². The summed E-state index contributed by atoms with van der Waals surface area (Å²) in [5.74, 6) is 1.90. The first kappa shape index (κ1) is 73.8. The van der Waals surface area contributed by atoms with E-state index >= 15 is 0 Å². The Hall–Kier alpha value is -3.08. The fraction of sp³-hybridized carbons (Fsp3) is 0.933. The van der Waals surface area contributed by atoms with Crippen molar-refractivity contribution in [2.24, 2.45) is 23.2 Å². The molecule has 19 aliphatic rings. The maximum atomic E-state index is 12.2. The number of nitrogens with zero attached hydrogens (tertiary/aromatic N) is 7. The fourth-order valence-corrected chi connectivity index (χ4v) is 17.4. The topological polar surface area (TPSA) is 578 Å². The zero-order valence-corrected chi connectivity index (χ0v) is 54.0.